The van der Waals surface area contributed by atoms with Crippen molar-refractivity contribution in [3.8, 4) is 0 Å². The molecule has 0 aromatic rings. The zero-order chi connectivity index (χ0) is 11.4. The molecule has 0 spiro atoms. The lowest BCUT2D eigenvalue weighted by Crippen LogP contribution is -2.39. The largest absolute Gasteiger partial charge is 0.550 e. The molecule has 0 aromatic heterocycles. The molecule has 1 rings (SSSR count). The third kappa shape index (κ3) is 4.53. The van der Waals surface area contributed by atoms with Gasteiger partial charge in [-0.2, -0.15) is 0 Å². The number of hydrogen-bond acceptors (Lipinski definition) is 2. The summed E-state index contributed by atoms with van der Waals surface area (Å²) in [4.78, 5) is 0. The summed E-state index contributed by atoms with van der Waals surface area (Å²) in [5.41, 5.74) is 0. The Kier molecular flexibility index (Phi) is 4.61. The first kappa shape index (κ1) is 13.0. The maximum Gasteiger partial charge on any atom is 0.241 e. The Bertz CT molecular complexity index is 215. The first-order valence-electron chi connectivity index (χ1n) is 5.97. The lowest BCUT2D eigenvalue weighted by Gasteiger charge is -2.34. The highest BCUT2D eigenvalue weighted by molar-refractivity contribution is 6.69. The molecule has 0 aliphatic carbocycles. The summed E-state index contributed by atoms with van der Waals surface area (Å²) in [6.07, 6.45) is 7.82. The number of ether oxygens (including phenoxy) is 1. The average molecular weight is 244 g/mol. The fourth-order valence-corrected chi connectivity index (χ4v) is 3.52. The van der Waals surface area contributed by atoms with E-state index in [4.69, 9.17) is 9.16 Å². The van der Waals surface area contributed by atoms with E-state index in [9.17, 15) is 0 Å². The topological polar surface area (TPSA) is 18.5 Å². The highest BCUT2D eigenvalue weighted by atomic mass is 28.4. The van der Waals surface area contributed by atoms with Gasteiger partial charge < -0.3 is 9.16 Å². The summed E-state index contributed by atoms with van der Waals surface area (Å²) in [7, 11) is -1.59. The van der Waals surface area contributed by atoms with Crippen LogP contribution in [0, 0.1) is 0 Å². The van der Waals surface area contributed by atoms with Crippen LogP contribution in [0.25, 0.3) is 0 Å². The Morgan fingerprint density at radius 3 is 2.53 bits per heavy atom. The Labute approximate surface area is 97.0 Å². The van der Waals surface area contributed by atoms with Crippen LogP contribution in [0.1, 0.15) is 19.3 Å². The molecular formula is C11H24O2Si2. The lowest BCUT2D eigenvalue weighted by atomic mass is 10.1. The van der Waals surface area contributed by atoms with Gasteiger partial charge in [-0.3, -0.25) is 0 Å². The molecule has 0 radical (unpaired) electrons. The second-order valence-corrected chi connectivity index (χ2v) is 11.6. The fraction of sp³-hybridized carbons (Fsp3) is 0.818. The van der Waals surface area contributed by atoms with E-state index in [-0.39, 0.29) is 14.7 Å². The summed E-state index contributed by atoms with van der Waals surface area (Å²) >= 11 is 0. The van der Waals surface area contributed by atoms with Crippen molar-refractivity contribution in [2.45, 2.75) is 50.7 Å². The molecule has 0 aromatic carbocycles. The zero-order valence-corrected chi connectivity index (χ0v) is 12.9. The highest BCUT2D eigenvalue weighted by Gasteiger charge is 2.28. The average Bonchev–Trinajstić information content (AvgIpc) is 2.17. The molecule has 15 heavy (non-hydrogen) atoms. The molecule has 4 heteroatoms. The normalized spacial score (nSPS) is 29.1. The van der Waals surface area contributed by atoms with Gasteiger partial charge in [0.1, 0.15) is 0 Å². The van der Waals surface area contributed by atoms with Crippen molar-refractivity contribution in [2.75, 3.05) is 6.61 Å². The summed E-state index contributed by atoms with van der Waals surface area (Å²) in [6.45, 7) is 9.86. The third-order valence-corrected chi connectivity index (χ3v) is 5.61. The fourth-order valence-electron chi connectivity index (χ4n) is 1.76. The second-order valence-electron chi connectivity index (χ2n) is 5.26. The first-order valence-corrected chi connectivity index (χ1v) is 11.5. The molecule has 0 saturated carbocycles. The number of hydrogen-bond donors (Lipinski definition) is 0. The summed E-state index contributed by atoms with van der Waals surface area (Å²) < 4.78 is 11.7. The van der Waals surface area contributed by atoms with Crippen LogP contribution in [0.15, 0.2) is 12.3 Å². The Morgan fingerprint density at radius 2 is 2.07 bits per heavy atom. The molecule has 1 saturated heterocycles. The third-order valence-electron chi connectivity index (χ3n) is 2.78. The Hall–Kier alpha value is -0.0662. The molecule has 0 bridgehead atoms. The molecule has 2 nitrogen and oxygen atoms in total. The molecule has 1 atom stereocenters. The molecule has 1 heterocycles. The Balaban J connectivity index is 2.51. The molecule has 1 aliphatic heterocycles. The van der Waals surface area contributed by atoms with Crippen LogP contribution in [-0.2, 0) is 9.16 Å². The van der Waals surface area contributed by atoms with Gasteiger partial charge in [-0.25, -0.2) is 0 Å². The smallest absolute Gasteiger partial charge is 0.241 e. The van der Waals surface area contributed by atoms with Crippen LogP contribution < -0.4 is 0 Å². The van der Waals surface area contributed by atoms with E-state index < -0.39 is 8.32 Å². The van der Waals surface area contributed by atoms with E-state index in [1.54, 1.807) is 0 Å². The summed E-state index contributed by atoms with van der Waals surface area (Å²) in [5.74, 6) is 0. The van der Waals surface area contributed by atoms with Crippen molar-refractivity contribution in [2.24, 2.45) is 0 Å². The molecule has 0 N–H and O–H groups in total. The molecule has 1 unspecified atom stereocenters. The van der Waals surface area contributed by atoms with E-state index in [2.05, 4.69) is 32.3 Å². The molecule has 0 amide bonds. The SMILES string of the molecule is C[SiH2]C1(C=CO[Si](C)(C)C)CCCCO1. The first-order chi connectivity index (χ1) is 6.97. The van der Waals surface area contributed by atoms with E-state index in [0.717, 1.165) is 6.61 Å². The monoisotopic (exact) mass is 244 g/mol. The minimum atomic E-state index is -1.41. The highest BCUT2D eigenvalue weighted by Crippen LogP contribution is 2.25. The summed E-state index contributed by atoms with van der Waals surface area (Å²) in [5, 5.41) is 0.0951. The van der Waals surface area contributed by atoms with Crippen LogP contribution in [0.2, 0.25) is 26.2 Å². The predicted molar refractivity (Wildman–Crippen MR) is 70.5 cm³/mol. The van der Waals surface area contributed by atoms with Crippen molar-refractivity contribution >= 4 is 17.8 Å². The van der Waals surface area contributed by atoms with Gasteiger partial charge in [0, 0.05) is 6.61 Å². The van der Waals surface area contributed by atoms with E-state index in [1.807, 2.05) is 6.26 Å². The Morgan fingerprint density at radius 1 is 1.33 bits per heavy atom. The van der Waals surface area contributed by atoms with Gasteiger partial charge in [-0.05, 0) is 45.0 Å². The molecule has 1 aliphatic rings. The van der Waals surface area contributed by atoms with E-state index in [0.29, 0.717) is 0 Å². The van der Waals surface area contributed by atoms with E-state index >= 15 is 0 Å². The molecule has 88 valence electrons. The predicted octanol–water partition coefficient (Wildman–Crippen LogP) is 2.47. The minimum Gasteiger partial charge on any atom is -0.550 e. The van der Waals surface area contributed by atoms with Crippen molar-refractivity contribution < 1.29 is 9.16 Å². The van der Waals surface area contributed by atoms with Gasteiger partial charge in [-0.15, -0.1) is 0 Å². The van der Waals surface area contributed by atoms with E-state index in [1.165, 1.54) is 19.3 Å². The van der Waals surface area contributed by atoms with Crippen LogP contribution in [0.3, 0.4) is 0 Å². The zero-order valence-electron chi connectivity index (χ0n) is 10.5. The van der Waals surface area contributed by atoms with Gasteiger partial charge in [0.05, 0.1) is 21.0 Å². The van der Waals surface area contributed by atoms with Crippen LogP contribution >= 0.6 is 0 Å². The van der Waals surface area contributed by atoms with Crippen molar-refractivity contribution in [1.29, 1.82) is 0 Å². The van der Waals surface area contributed by atoms with Gasteiger partial charge in [-0.1, -0.05) is 6.55 Å². The van der Waals surface area contributed by atoms with Crippen molar-refractivity contribution in [1.82, 2.24) is 0 Å². The quantitative estimate of drug-likeness (QED) is 0.559. The van der Waals surface area contributed by atoms with Crippen LogP contribution in [0.5, 0.6) is 0 Å². The van der Waals surface area contributed by atoms with Crippen LogP contribution in [-0.4, -0.2) is 29.7 Å². The number of rotatable bonds is 4. The maximum atomic E-state index is 5.94. The van der Waals surface area contributed by atoms with Crippen LogP contribution in [0.4, 0.5) is 0 Å². The van der Waals surface area contributed by atoms with Crippen molar-refractivity contribution in [3.63, 3.8) is 0 Å². The standard InChI is InChI=1S/C11H24O2Si2/c1-14-11(7-5-6-9-12-11)8-10-13-15(2,3)4/h8,10H,5-7,9,14H2,1-4H3. The lowest BCUT2D eigenvalue weighted by molar-refractivity contribution is 0.0121. The van der Waals surface area contributed by atoms with Gasteiger partial charge in [0.15, 0.2) is 0 Å². The summed E-state index contributed by atoms with van der Waals surface area (Å²) in [6, 6.07) is 0. The van der Waals surface area contributed by atoms with Gasteiger partial charge in [0.2, 0.25) is 8.32 Å². The van der Waals surface area contributed by atoms with Gasteiger partial charge in [0.25, 0.3) is 0 Å². The molecular weight excluding hydrogens is 220 g/mol. The maximum absolute atomic E-state index is 5.94. The minimum absolute atomic E-state index is 0.0951. The molecule has 1 fully saturated rings. The second kappa shape index (κ2) is 5.32. The van der Waals surface area contributed by atoms with Crippen molar-refractivity contribution in [3.05, 3.63) is 12.3 Å². The van der Waals surface area contributed by atoms with Gasteiger partial charge >= 0.3 is 0 Å².